The molecule has 5 atom stereocenters. The van der Waals surface area contributed by atoms with Crippen molar-refractivity contribution in [3.05, 3.63) is 36.8 Å². The third kappa shape index (κ3) is 13.2. The van der Waals surface area contributed by atoms with Crippen LogP contribution in [-0.2, 0) is 9.63 Å². The van der Waals surface area contributed by atoms with Gasteiger partial charge >= 0.3 is 0 Å². The second kappa shape index (κ2) is 20.8. The van der Waals surface area contributed by atoms with E-state index in [1.165, 1.54) is 70.6 Å². The van der Waals surface area contributed by atoms with E-state index in [1.807, 2.05) is 30.2 Å². The highest BCUT2D eigenvalue weighted by atomic mass is 16.6. The van der Waals surface area contributed by atoms with Crippen LogP contribution in [0.15, 0.2) is 41.9 Å². The van der Waals surface area contributed by atoms with E-state index in [-0.39, 0.29) is 6.04 Å². The number of carbonyl (C=O) groups excluding carboxylic acids is 1. The standard InChI is InChI=1S/C34H62N4O.C2H5NO/c1-10-13-18-32(35)23-25-38(37(8)9)28(6)39-36-27(5)33-22-19-29(26(33)4)16-14-17-30(15-11-2)34(7,24-12-3)31-20-21-31;1-3-2-4/h11,15,26,29,31-33H,2,6,10,12-14,16-25,35H2,1,3-5,7-9H3;2H,1H3,(H,3,4)/b30-15-,36-27+;. The first-order valence-corrected chi connectivity index (χ1v) is 17.0. The predicted molar refractivity (Wildman–Crippen MR) is 184 cm³/mol. The number of rotatable bonds is 21. The summed E-state index contributed by atoms with van der Waals surface area (Å²) in [6, 6.07) is 0.208. The number of unbranched alkanes of at least 4 members (excludes halogenated alkanes) is 1. The number of nitrogens with zero attached hydrogens (tertiary/aromatic N) is 3. The molecule has 2 saturated carbocycles. The van der Waals surface area contributed by atoms with Crippen molar-refractivity contribution >= 4 is 12.1 Å². The number of hydrogen-bond acceptors (Lipinski definition) is 6. The summed E-state index contributed by atoms with van der Waals surface area (Å²) in [6.45, 7) is 20.6. The van der Waals surface area contributed by atoms with Crippen molar-refractivity contribution in [1.82, 2.24) is 15.3 Å². The summed E-state index contributed by atoms with van der Waals surface area (Å²) in [5.74, 6) is 3.32. The molecule has 0 saturated heterocycles. The van der Waals surface area contributed by atoms with Gasteiger partial charge in [-0.15, -0.1) is 0 Å². The van der Waals surface area contributed by atoms with Crippen molar-refractivity contribution in [3.63, 3.8) is 0 Å². The van der Waals surface area contributed by atoms with E-state index in [2.05, 4.69) is 64.3 Å². The van der Waals surface area contributed by atoms with Crippen LogP contribution in [0.4, 0.5) is 0 Å². The molecule has 2 aliphatic carbocycles. The maximum Gasteiger partial charge on any atom is 0.232 e. The van der Waals surface area contributed by atoms with E-state index in [0.29, 0.717) is 29.5 Å². The molecule has 0 heterocycles. The summed E-state index contributed by atoms with van der Waals surface area (Å²) >= 11 is 0. The van der Waals surface area contributed by atoms with E-state index in [0.717, 1.165) is 36.9 Å². The van der Waals surface area contributed by atoms with Crippen LogP contribution in [0.5, 0.6) is 0 Å². The molecule has 2 aliphatic rings. The lowest BCUT2D eigenvalue weighted by atomic mass is 9.71. The van der Waals surface area contributed by atoms with Crippen LogP contribution < -0.4 is 11.1 Å². The molecule has 1 amide bonds. The second-order valence-corrected chi connectivity index (χ2v) is 13.4. The van der Waals surface area contributed by atoms with E-state index >= 15 is 0 Å². The van der Waals surface area contributed by atoms with Gasteiger partial charge in [-0.05, 0) is 101 Å². The first kappa shape index (κ1) is 38.9. The smallest absolute Gasteiger partial charge is 0.232 e. The van der Waals surface area contributed by atoms with Crippen molar-refractivity contribution in [2.75, 3.05) is 27.7 Å². The molecule has 0 spiro atoms. The number of carbonyl (C=O) groups is 1. The van der Waals surface area contributed by atoms with Gasteiger partial charge in [-0.3, -0.25) is 9.80 Å². The number of amides is 1. The average Bonchev–Trinajstić information content (AvgIpc) is 3.78. The van der Waals surface area contributed by atoms with Crippen LogP contribution in [0.25, 0.3) is 0 Å². The lowest BCUT2D eigenvalue weighted by Crippen LogP contribution is -2.39. The van der Waals surface area contributed by atoms with Crippen molar-refractivity contribution in [2.24, 2.45) is 40.0 Å². The second-order valence-electron chi connectivity index (χ2n) is 13.4. The number of oxime groups is 1. The summed E-state index contributed by atoms with van der Waals surface area (Å²) in [5, 5.41) is 10.9. The molecule has 0 radical (unpaired) electrons. The van der Waals surface area contributed by atoms with Gasteiger partial charge in [0.05, 0.1) is 5.71 Å². The maximum absolute atomic E-state index is 9.06. The molecule has 3 N–H and O–H groups in total. The Balaban J connectivity index is 0.00000217. The minimum Gasteiger partial charge on any atom is -0.362 e. The molecule has 0 aromatic heterocycles. The first-order chi connectivity index (χ1) is 20.5. The molecule has 0 aliphatic heterocycles. The third-order valence-electron chi connectivity index (χ3n) is 9.91. The Labute approximate surface area is 265 Å². The van der Waals surface area contributed by atoms with Gasteiger partial charge in [0.1, 0.15) is 0 Å². The summed E-state index contributed by atoms with van der Waals surface area (Å²) in [7, 11) is 5.59. The van der Waals surface area contributed by atoms with Crippen LogP contribution >= 0.6 is 0 Å². The lowest BCUT2D eigenvalue weighted by molar-refractivity contribution is -0.109. The highest BCUT2D eigenvalue weighted by Crippen LogP contribution is 2.54. The van der Waals surface area contributed by atoms with Gasteiger partial charge in [0.15, 0.2) is 0 Å². The van der Waals surface area contributed by atoms with E-state index in [9.17, 15) is 0 Å². The van der Waals surface area contributed by atoms with Gasteiger partial charge < -0.3 is 15.9 Å². The van der Waals surface area contributed by atoms with Crippen LogP contribution in [0, 0.1) is 29.1 Å². The molecule has 0 aromatic rings. The number of hydrogen-bond donors (Lipinski definition) is 2. The fourth-order valence-corrected chi connectivity index (χ4v) is 7.05. The number of hydrazine groups is 1. The van der Waals surface area contributed by atoms with Gasteiger partial charge in [0, 0.05) is 39.6 Å². The zero-order valence-corrected chi connectivity index (χ0v) is 29.2. The minimum absolute atomic E-state index is 0.208. The highest BCUT2D eigenvalue weighted by molar-refractivity contribution is 5.84. The predicted octanol–water partition coefficient (Wildman–Crippen LogP) is 8.06. The molecule has 2 rings (SSSR count). The Morgan fingerprint density at radius 2 is 1.84 bits per heavy atom. The molecule has 7 nitrogen and oxygen atoms in total. The fraction of sp³-hybridized carbons (Fsp3) is 0.778. The zero-order chi connectivity index (χ0) is 32.4. The maximum atomic E-state index is 9.06. The van der Waals surface area contributed by atoms with Crippen LogP contribution in [0.2, 0.25) is 0 Å². The molecule has 248 valence electrons. The number of allylic oxidation sites excluding steroid dienone is 3. The highest BCUT2D eigenvalue weighted by Gasteiger charge is 2.43. The van der Waals surface area contributed by atoms with Crippen LogP contribution in [0.1, 0.15) is 118 Å². The van der Waals surface area contributed by atoms with Gasteiger partial charge in [-0.25, -0.2) is 5.01 Å². The SMILES string of the molecule is C=C/C=C(/CCCC1CCC(/C(C)=N/OC(=C)N(CCC(N)CCCC)N(C)C)C1C)C(C)(CCC)C1CC1.CNC=O. The van der Waals surface area contributed by atoms with Crippen molar-refractivity contribution < 1.29 is 9.63 Å². The Kier molecular flexibility index (Phi) is 18.8. The minimum atomic E-state index is 0.208. The lowest BCUT2D eigenvalue weighted by Gasteiger charge is -2.33. The zero-order valence-electron chi connectivity index (χ0n) is 29.2. The topological polar surface area (TPSA) is 83.2 Å². The van der Waals surface area contributed by atoms with E-state index in [4.69, 9.17) is 15.4 Å². The Morgan fingerprint density at radius 1 is 1.16 bits per heavy atom. The monoisotopic (exact) mass is 602 g/mol. The van der Waals surface area contributed by atoms with Gasteiger partial charge in [0.2, 0.25) is 12.3 Å². The van der Waals surface area contributed by atoms with Crippen molar-refractivity contribution in [3.8, 4) is 0 Å². The van der Waals surface area contributed by atoms with Gasteiger partial charge in [0.25, 0.3) is 0 Å². The molecule has 0 aromatic carbocycles. The van der Waals surface area contributed by atoms with E-state index < -0.39 is 0 Å². The largest absolute Gasteiger partial charge is 0.362 e. The number of nitrogens with two attached hydrogens (primary N) is 1. The average molecular weight is 602 g/mol. The van der Waals surface area contributed by atoms with Crippen LogP contribution in [-0.4, -0.2) is 55.9 Å². The molecule has 7 heteroatoms. The Bertz CT molecular complexity index is 881. The number of nitrogens with one attached hydrogen (secondary N) is 1. The fourth-order valence-electron chi connectivity index (χ4n) is 7.05. The van der Waals surface area contributed by atoms with Crippen molar-refractivity contribution in [1.29, 1.82) is 0 Å². The Hall–Kier alpha value is -2.12. The van der Waals surface area contributed by atoms with Gasteiger partial charge in [-0.2, -0.15) is 0 Å². The Morgan fingerprint density at radius 3 is 2.37 bits per heavy atom. The molecule has 5 unspecified atom stereocenters. The summed E-state index contributed by atoms with van der Waals surface area (Å²) in [4.78, 5) is 14.9. The molecular formula is C36H67N5O2. The third-order valence-corrected chi connectivity index (χ3v) is 9.91. The first-order valence-electron chi connectivity index (χ1n) is 17.0. The quantitative estimate of drug-likeness (QED) is 0.0457. The molecule has 0 bridgehead atoms. The normalized spacial score (nSPS) is 22.7. The summed E-state index contributed by atoms with van der Waals surface area (Å²) in [6.07, 6.45) is 20.9. The summed E-state index contributed by atoms with van der Waals surface area (Å²) in [5.41, 5.74) is 9.42. The molecular weight excluding hydrogens is 534 g/mol. The van der Waals surface area contributed by atoms with Crippen molar-refractivity contribution in [2.45, 2.75) is 124 Å². The van der Waals surface area contributed by atoms with Gasteiger partial charge in [-0.1, -0.05) is 76.4 Å². The molecule has 43 heavy (non-hydrogen) atoms. The summed E-state index contributed by atoms with van der Waals surface area (Å²) < 4.78 is 0. The van der Waals surface area contributed by atoms with Crippen LogP contribution in [0.3, 0.4) is 0 Å². The van der Waals surface area contributed by atoms with E-state index in [1.54, 1.807) is 12.6 Å². The molecule has 2 fully saturated rings.